The molecule has 1 aromatic heterocycles. The average Bonchev–Trinajstić information content (AvgIpc) is 2.97. The maximum Gasteiger partial charge on any atom is 0.273 e. The Morgan fingerprint density at radius 1 is 1.63 bits per heavy atom. The van der Waals surface area contributed by atoms with Crippen LogP contribution in [0.15, 0.2) is 6.20 Å². The second kappa shape index (κ2) is 5.26. The SMILES string of the molecule is CC(NC(=O)c1cn(C2CNC2)nn1)C1CCCO1. The minimum Gasteiger partial charge on any atom is -0.376 e. The fourth-order valence-electron chi connectivity index (χ4n) is 2.39. The van der Waals surface area contributed by atoms with E-state index in [1.54, 1.807) is 10.9 Å². The Labute approximate surface area is 111 Å². The van der Waals surface area contributed by atoms with E-state index in [4.69, 9.17) is 4.74 Å². The second-order valence-corrected chi connectivity index (χ2v) is 5.21. The molecule has 2 fully saturated rings. The summed E-state index contributed by atoms with van der Waals surface area (Å²) in [7, 11) is 0. The number of nitrogens with one attached hydrogen (secondary N) is 2. The van der Waals surface area contributed by atoms with Gasteiger partial charge in [-0.1, -0.05) is 5.21 Å². The topological polar surface area (TPSA) is 81.1 Å². The summed E-state index contributed by atoms with van der Waals surface area (Å²) in [4.78, 5) is 12.1. The quantitative estimate of drug-likeness (QED) is 0.782. The van der Waals surface area contributed by atoms with Gasteiger partial charge in [-0.25, -0.2) is 4.68 Å². The number of rotatable bonds is 4. The van der Waals surface area contributed by atoms with Gasteiger partial charge in [0.15, 0.2) is 5.69 Å². The van der Waals surface area contributed by atoms with Crippen molar-refractivity contribution >= 4 is 5.91 Å². The predicted molar refractivity (Wildman–Crippen MR) is 67.8 cm³/mol. The first kappa shape index (κ1) is 12.6. The van der Waals surface area contributed by atoms with E-state index >= 15 is 0 Å². The molecule has 0 radical (unpaired) electrons. The second-order valence-electron chi connectivity index (χ2n) is 5.21. The Kier molecular flexibility index (Phi) is 3.48. The Morgan fingerprint density at radius 3 is 3.11 bits per heavy atom. The molecule has 1 aromatic rings. The number of amides is 1. The molecule has 2 saturated heterocycles. The third-order valence-corrected chi connectivity index (χ3v) is 3.76. The molecule has 3 rings (SSSR count). The fourth-order valence-corrected chi connectivity index (χ4v) is 2.39. The van der Waals surface area contributed by atoms with Gasteiger partial charge in [-0.2, -0.15) is 0 Å². The molecular formula is C12H19N5O2. The van der Waals surface area contributed by atoms with Crippen LogP contribution >= 0.6 is 0 Å². The first-order chi connectivity index (χ1) is 9.24. The summed E-state index contributed by atoms with van der Waals surface area (Å²) >= 11 is 0. The molecule has 2 atom stereocenters. The van der Waals surface area contributed by atoms with Crippen molar-refractivity contribution in [2.75, 3.05) is 19.7 Å². The smallest absolute Gasteiger partial charge is 0.273 e. The van der Waals surface area contributed by atoms with Crippen LogP contribution in [0.4, 0.5) is 0 Å². The minimum atomic E-state index is -0.179. The predicted octanol–water partition coefficient (Wildman–Crippen LogP) is -0.280. The van der Waals surface area contributed by atoms with Gasteiger partial charge in [0.1, 0.15) is 0 Å². The molecule has 3 heterocycles. The van der Waals surface area contributed by atoms with Crippen LogP contribution in [0.25, 0.3) is 0 Å². The standard InChI is InChI=1S/C12H19N5O2/c1-8(11-3-2-4-19-11)14-12(18)10-7-17(16-15-10)9-5-13-6-9/h7-9,11,13H,2-6H2,1H3,(H,14,18). The van der Waals surface area contributed by atoms with Gasteiger partial charge in [0.2, 0.25) is 0 Å². The van der Waals surface area contributed by atoms with Gasteiger partial charge in [0.25, 0.3) is 5.91 Å². The van der Waals surface area contributed by atoms with Crippen molar-refractivity contribution in [2.24, 2.45) is 0 Å². The van der Waals surface area contributed by atoms with E-state index in [-0.39, 0.29) is 18.1 Å². The van der Waals surface area contributed by atoms with Crippen LogP contribution in [0, 0.1) is 0 Å². The summed E-state index contributed by atoms with van der Waals surface area (Å²) in [5.74, 6) is -0.179. The normalized spacial score (nSPS) is 25.0. The fraction of sp³-hybridized carbons (Fsp3) is 0.750. The number of carbonyl (C=O) groups excluding carboxylic acids is 1. The summed E-state index contributed by atoms with van der Waals surface area (Å²) in [5, 5.41) is 14.0. The lowest BCUT2D eigenvalue weighted by Gasteiger charge is -2.26. The number of hydrogen-bond acceptors (Lipinski definition) is 5. The van der Waals surface area contributed by atoms with E-state index < -0.39 is 0 Å². The van der Waals surface area contributed by atoms with E-state index in [9.17, 15) is 4.79 Å². The summed E-state index contributed by atoms with van der Waals surface area (Å²) in [6.07, 6.45) is 3.90. The highest BCUT2D eigenvalue weighted by Crippen LogP contribution is 2.16. The van der Waals surface area contributed by atoms with Crippen LogP contribution in [0.5, 0.6) is 0 Å². The van der Waals surface area contributed by atoms with Crippen LogP contribution in [0.2, 0.25) is 0 Å². The van der Waals surface area contributed by atoms with Crippen molar-refractivity contribution in [1.82, 2.24) is 25.6 Å². The van der Waals surface area contributed by atoms with E-state index in [0.717, 1.165) is 32.5 Å². The highest BCUT2D eigenvalue weighted by Gasteiger charge is 2.26. The molecule has 0 aliphatic carbocycles. The van der Waals surface area contributed by atoms with Crippen molar-refractivity contribution < 1.29 is 9.53 Å². The Balaban J connectivity index is 1.58. The molecule has 19 heavy (non-hydrogen) atoms. The van der Waals surface area contributed by atoms with Gasteiger partial charge in [-0.05, 0) is 19.8 Å². The van der Waals surface area contributed by atoms with Crippen LogP contribution in [-0.2, 0) is 4.74 Å². The lowest BCUT2D eigenvalue weighted by atomic mass is 10.1. The molecule has 7 nitrogen and oxygen atoms in total. The van der Waals surface area contributed by atoms with Gasteiger partial charge >= 0.3 is 0 Å². The molecule has 1 amide bonds. The van der Waals surface area contributed by atoms with Gasteiger partial charge < -0.3 is 15.4 Å². The molecule has 0 spiro atoms. The number of ether oxygens (including phenoxy) is 1. The Hall–Kier alpha value is -1.47. The van der Waals surface area contributed by atoms with Crippen LogP contribution < -0.4 is 10.6 Å². The van der Waals surface area contributed by atoms with E-state index in [1.807, 2.05) is 6.92 Å². The summed E-state index contributed by atoms with van der Waals surface area (Å²) in [6.45, 7) is 4.53. The molecule has 2 aliphatic rings. The number of nitrogens with zero attached hydrogens (tertiary/aromatic N) is 3. The molecular weight excluding hydrogens is 246 g/mol. The van der Waals surface area contributed by atoms with Crippen molar-refractivity contribution in [1.29, 1.82) is 0 Å². The van der Waals surface area contributed by atoms with Gasteiger partial charge in [-0.3, -0.25) is 4.79 Å². The molecule has 0 aromatic carbocycles. The summed E-state index contributed by atoms with van der Waals surface area (Å²) in [5.41, 5.74) is 0.372. The summed E-state index contributed by atoms with van der Waals surface area (Å²) in [6, 6.07) is 0.329. The number of carbonyl (C=O) groups is 1. The van der Waals surface area contributed by atoms with E-state index in [2.05, 4.69) is 20.9 Å². The van der Waals surface area contributed by atoms with Gasteiger partial charge in [-0.15, -0.1) is 5.10 Å². The van der Waals surface area contributed by atoms with Crippen molar-refractivity contribution in [2.45, 2.75) is 38.0 Å². The Morgan fingerprint density at radius 2 is 2.47 bits per heavy atom. The van der Waals surface area contributed by atoms with Crippen molar-refractivity contribution in [3.05, 3.63) is 11.9 Å². The maximum atomic E-state index is 12.1. The minimum absolute atomic E-state index is 0.00511. The largest absolute Gasteiger partial charge is 0.376 e. The molecule has 0 saturated carbocycles. The lowest BCUT2D eigenvalue weighted by Crippen LogP contribution is -2.43. The average molecular weight is 265 g/mol. The van der Waals surface area contributed by atoms with Gasteiger partial charge in [0.05, 0.1) is 24.4 Å². The molecule has 2 unspecified atom stereocenters. The molecule has 2 aliphatic heterocycles. The molecule has 7 heteroatoms. The van der Waals surface area contributed by atoms with E-state index in [1.165, 1.54) is 0 Å². The van der Waals surface area contributed by atoms with Gasteiger partial charge in [0, 0.05) is 19.7 Å². The maximum absolute atomic E-state index is 12.1. The summed E-state index contributed by atoms with van der Waals surface area (Å²) < 4.78 is 7.31. The third-order valence-electron chi connectivity index (χ3n) is 3.76. The van der Waals surface area contributed by atoms with Crippen molar-refractivity contribution in [3.8, 4) is 0 Å². The zero-order chi connectivity index (χ0) is 13.2. The molecule has 2 N–H and O–H groups in total. The monoisotopic (exact) mass is 265 g/mol. The third kappa shape index (κ3) is 2.62. The zero-order valence-electron chi connectivity index (χ0n) is 11.0. The molecule has 0 bridgehead atoms. The van der Waals surface area contributed by atoms with Crippen molar-refractivity contribution in [3.63, 3.8) is 0 Å². The number of aromatic nitrogens is 3. The number of hydrogen-bond donors (Lipinski definition) is 2. The Bertz CT molecular complexity index is 451. The highest BCUT2D eigenvalue weighted by molar-refractivity contribution is 5.92. The first-order valence-electron chi connectivity index (χ1n) is 6.79. The highest BCUT2D eigenvalue weighted by atomic mass is 16.5. The molecule has 104 valence electrons. The van der Waals surface area contributed by atoms with Crippen LogP contribution in [-0.4, -0.2) is 52.7 Å². The van der Waals surface area contributed by atoms with Crippen LogP contribution in [0.1, 0.15) is 36.3 Å². The zero-order valence-corrected chi connectivity index (χ0v) is 11.0. The first-order valence-corrected chi connectivity index (χ1v) is 6.79. The van der Waals surface area contributed by atoms with Crippen LogP contribution in [0.3, 0.4) is 0 Å². The lowest BCUT2D eigenvalue weighted by molar-refractivity contribution is 0.0709. The van der Waals surface area contributed by atoms with E-state index in [0.29, 0.717) is 11.7 Å².